The highest BCUT2D eigenvalue weighted by atomic mass is 16.5. The highest BCUT2D eigenvalue weighted by Crippen LogP contribution is 2.21. The lowest BCUT2D eigenvalue weighted by molar-refractivity contribution is 0.168. The van der Waals surface area contributed by atoms with Crippen LogP contribution in [0.2, 0.25) is 0 Å². The Bertz CT molecular complexity index is 850. The number of amides is 1. The van der Waals surface area contributed by atoms with Crippen molar-refractivity contribution in [2.24, 2.45) is 0 Å². The molecule has 0 saturated carbocycles. The number of nitrogens with one attached hydrogen (secondary N) is 2. The maximum absolute atomic E-state index is 11.4. The lowest BCUT2D eigenvalue weighted by Gasteiger charge is -2.10. The van der Waals surface area contributed by atoms with Crippen LogP contribution in [-0.4, -0.2) is 17.7 Å². The predicted molar refractivity (Wildman–Crippen MR) is 105 cm³/mol. The van der Waals surface area contributed by atoms with Gasteiger partial charge in [0.05, 0.1) is 18.5 Å². The molecule has 138 valence electrons. The Morgan fingerprint density at radius 3 is 2.37 bits per heavy atom. The van der Waals surface area contributed by atoms with Gasteiger partial charge in [0.1, 0.15) is 18.2 Å². The van der Waals surface area contributed by atoms with Crippen LogP contribution in [0, 0.1) is 0 Å². The minimum atomic E-state index is -0.517. The van der Waals surface area contributed by atoms with E-state index in [-0.39, 0.29) is 0 Å². The quantitative estimate of drug-likeness (QED) is 0.620. The Labute approximate surface area is 158 Å². The van der Waals surface area contributed by atoms with Crippen LogP contribution in [0.5, 0.6) is 5.75 Å². The van der Waals surface area contributed by atoms with Crippen LogP contribution >= 0.6 is 0 Å². The van der Waals surface area contributed by atoms with E-state index in [1.807, 2.05) is 60.7 Å². The first kappa shape index (κ1) is 18.3. The van der Waals surface area contributed by atoms with Crippen molar-refractivity contribution >= 4 is 23.3 Å². The highest BCUT2D eigenvalue weighted by Gasteiger charge is 2.03. The average Bonchev–Trinajstić information content (AvgIpc) is 2.70. The number of anilines is 3. The largest absolute Gasteiger partial charge is 0.489 e. The second-order valence-corrected chi connectivity index (χ2v) is 5.70. The fourth-order valence-electron chi connectivity index (χ4n) is 2.36. The SMILES string of the molecule is CCOC(=O)Nc1ccc(Nc2ccc(OCc3ccccc3)cc2)cn1. The molecule has 6 nitrogen and oxygen atoms in total. The number of aromatic nitrogens is 1. The summed E-state index contributed by atoms with van der Waals surface area (Å²) in [5.41, 5.74) is 2.85. The molecule has 0 saturated heterocycles. The molecule has 0 radical (unpaired) electrons. The zero-order chi connectivity index (χ0) is 18.9. The van der Waals surface area contributed by atoms with Crippen molar-refractivity contribution < 1.29 is 14.3 Å². The number of pyridine rings is 1. The zero-order valence-electron chi connectivity index (χ0n) is 15.0. The zero-order valence-corrected chi connectivity index (χ0v) is 15.0. The smallest absolute Gasteiger partial charge is 0.412 e. The molecular formula is C21H21N3O3. The molecule has 1 heterocycles. The summed E-state index contributed by atoms with van der Waals surface area (Å²) in [5, 5.41) is 5.80. The van der Waals surface area contributed by atoms with Crippen molar-refractivity contribution in [2.75, 3.05) is 17.2 Å². The van der Waals surface area contributed by atoms with E-state index in [9.17, 15) is 4.79 Å². The first-order chi connectivity index (χ1) is 13.2. The Morgan fingerprint density at radius 2 is 1.70 bits per heavy atom. The molecule has 2 N–H and O–H groups in total. The van der Waals surface area contributed by atoms with Gasteiger partial charge < -0.3 is 14.8 Å². The van der Waals surface area contributed by atoms with Crippen molar-refractivity contribution in [1.82, 2.24) is 4.98 Å². The van der Waals surface area contributed by atoms with Gasteiger partial charge in [0.25, 0.3) is 0 Å². The summed E-state index contributed by atoms with van der Waals surface area (Å²) in [4.78, 5) is 15.5. The van der Waals surface area contributed by atoms with Crippen molar-refractivity contribution in [2.45, 2.75) is 13.5 Å². The Kier molecular flexibility index (Phi) is 6.25. The molecule has 0 bridgehead atoms. The topological polar surface area (TPSA) is 72.5 Å². The van der Waals surface area contributed by atoms with Crippen LogP contribution in [0.3, 0.4) is 0 Å². The lowest BCUT2D eigenvalue weighted by Crippen LogP contribution is -2.14. The molecule has 0 aliphatic rings. The van der Waals surface area contributed by atoms with Gasteiger partial charge in [-0.2, -0.15) is 0 Å². The first-order valence-electron chi connectivity index (χ1n) is 8.66. The van der Waals surface area contributed by atoms with E-state index in [1.165, 1.54) is 0 Å². The maximum atomic E-state index is 11.4. The molecule has 2 aromatic carbocycles. The van der Waals surface area contributed by atoms with Gasteiger partial charge in [-0.25, -0.2) is 9.78 Å². The number of carbonyl (C=O) groups excluding carboxylic acids is 1. The third kappa shape index (κ3) is 5.74. The van der Waals surface area contributed by atoms with E-state index in [0.29, 0.717) is 19.0 Å². The average molecular weight is 363 g/mol. The fourth-order valence-corrected chi connectivity index (χ4v) is 2.36. The molecule has 27 heavy (non-hydrogen) atoms. The van der Waals surface area contributed by atoms with E-state index < -0.39 is 6.09 Å². The number of ether oxygens (including phenoxy) is 2. The molecule has 1 amide bonds. The van der Waals surface area contributed by atoms with Gasteiger partial charge in [-0.1, -0.05) is 30.3 Å². The normalized spacial score (nSPS) is 10.1. The minimum absolute atomic E-state index is 0.316. The third-order valence-corrected chi connectivity index (χ3v) is 3.66. The molecule has 0 atom stereocenters. The van der Waals surface area contributed by atoms with Crippen LogP contribution in [-0.2, 0) is 11.3 Å². The fraction of sp³-hybridized carbons (Fsp3) is 0.143. The number of hydrogen-bond donors (Lipinski definition) is 2. The van der Waals surface area contributed by atoms with E-state index in [2.05, 4.69) is 15.6 Å². The molecule has 0 aliphatic carbocycles. The molecule has 0 unspecified atom stereocenters. The van der Waals surface area contributed by atoms with E-state index in [4.69, 9.17) is 9.47 Å². The van der Waals surface area contributed by atoms with Crippen molar-refractivity contribution in [1.29, 1.82) is 0 Å². The summed E-state index contributed by atoms with van der Waals surface area (Å²) in [6.45, 7) is 2.60. The van der Waals surface area contributed by atoms with Crippen molar-refractivity contribution in [3.8, 4) is 5.75 Å². The minimum Gasteiger partial charge on any atom is -0.489 e. The first-order valence-corrected chi connectivity index (χ1v) is 8.66. The van der Waals surface area contributed by atoms with E-state index in [1.54, 1.807) is 19.2 Å². The van der Waals surface area contributed by atoms with Gasteiger partial charge in [-0.15, -0.1) is 0 Å². The van der Waals surface area contributed by atoms with Gasteiger partial charge in [0.15, 0.2) is 0 Å². The number of hydrogen-bond acceptors (Lipinski definition) is 5. The van der Waals surface area contributed by atoms with E-state index in [0.717, 1.165) is 22.7 Å². The Morgan fingerprint density at radius 1 is 0.963 bits per heavy atom. The number of benzene rings is 2. The summed E-state index contributed by atoms with van der Waals surface area (Å²) < 4.78 is 10.6. The third-order valence-electron chi connectivity index (χ3n) is 3.66. The highest BCUT2D eigenvalue weighted by molar-refractivity contribution is 5.83. The van der Waals surface area contributed by atoms with Crippen LogP contribution in [0.25, 0.3) is 0 Å². The predicted octanol–water partition coefficient (Wildman–Crippen LogP) is 4.97. The molecule has 0 fully saturated rings. The Balaban J connectivity index is 1.52. The number of rotatable bonds is 7. The standard InChI is InChI=1S/C21H21N3O3/c1-2-26-21(25)24-20-13-10-18(14-22-20)23-17-8-11-19(12-9-17)27-15-16-6-4-3-5-7-16/h3-14,23H,2,15H2,1H3,(H,22,24,25). The summed E-state index contributed by atoms with van der Waals surface area (Å²) in [6.07, 6.45) is 1.12. The monoisotopic (exact) mass is 363 g/mol. The van der Waals surface area contributed by atoms with Gasteiger partial charge >= 0.3 is 6.09 Å². The summed E-state index contributed by atoms with van der Waals surface area (Å²) in [7, 11) is 0. The molecular weight excluding hydrogens is 342 g/mol. The second kappa shape index (κ2) is 9.24. The van der Waals surface area contributed by atoms with Gasteiger partial charge in [0.2, 0.25) is 0 Å². The second-order valence-electron chi connectivity index (χ2n) is 5.70. The van der Waals surface area contributed by atoms with Gasteiger partial charge in [-0.3, -0.25) is 5.32 Å². The molecule has 0 aliphatic heterocycles. The summed E-state index contributed by atoms with van der Waals surface area (Å²) in [6, 6.07) is 21.3. The molecule has 3 rings (SSSR count). The number of carbonyl (C=O) groups is 1. The molecule has 3 aromatic rings. The van der Waals surface area contributed by atoms with Crippen LogP contribution in [0.1, 0.15) is 12.5 Å². The van der Waals surface area contributed by atoms with Crippen molar-refractivity contribution in [3.63, 3.8) is 0 Å². The van der Waals surface area contributed by atoms with Gasteiger partial charge in [0, 0.05) is 5.69 Å². The maximum Gasteiger partial charge on any atom is 0.412 e. The van der Waals surface area contributed by atoms with E-state index >= 15 is 0 Å². The summed E-state index contributed by atoms with van der Waals surface area (Å²) in [5.74, 6) is 1.24. The van der Waals surface area contributed by atoms with Crippen LogP contribution in [0.4, 0.5) is 22.0 Å². The van der Waals surface area contributed by atoms with Crippen LogP contribution < -0.4 is 15.4 Å². The van der Waals surface area contributed by atoms with Crippen LogP contribution in [0.15, 0.2) is 72.9 Å². The molecule has 1 aromatic heterocycles. The molecule has 0 spiro atoms. The molecule has 6 heteroatoms. The lowest BCUT2D eigenvalue weighted by atomic mass is 10.2. The van der Waals surface area contributed by atoms with Gasteiger partial charge in [-0.05, 0) is 48.9 Å². The Hall–Kier alpha value is -3.54. The van der Waals surface area contributed by atoms with Crippen molar-refractivity contribution in [3.05, 3.63) is 78.5 Å². The summed E-state index contributed by atoms with van der Waals surface area (Å²) >= 11 is 0. The number of nitrogens with zero attached hydrogens (tertiary/aromatic N) is 1.